The third-order valence-corrected chi connectivity index (χ3v) is 3.43. The standard InChI is InChI=1S/C12H24N2O/c1-10(11-6-3-4-7-11)14-9-5-8-12(15)13-2/h10-11,14H,3-9H2,1-2H3,(H,13,15)/t10-/m0/s1. The Hall–Kier alpha value is -0.570. The van der Waals surface area contributed by atoms with Crippen LogP contribution in [0, 0.1) is 5.92 Å². The second kappa shape index (κ2) is 6.83. The van der Waals surface area contributed by atoms with E-state index in [2.05, 4.69) is 17.6 Å². The Bertz CT molecular complexity index is 188. The lowest BCUT2D eigenvalue weighted by atomic mass is 10.00. The minimum absolute atomic E-state index is 0.144. The van der Waals surface area contributed by atoms with Crippen molar-refractivity contribution >= 4 is 5.91 Å². The summed E-state index contributed by atoms with van der Waals surface area (Å²) in [6, 6.07) is 0.622. The Morgan fingerprint density at radius 1 is 1.40 bits per heavy atom. The molecule has 0 unspecified atom stereocenters. The van der Waals surface area contributed by atoms with Crippen molar-refractivity contribution in [3.05, 3.63) is 0 Å². The molecule has 0 saturated heterocycles. The fourth-order valence-corrected chi connectivity index (χ4v) is 2.33. The average Bonchev–Trinajstić information content (AvgIpc) is 2.77. The summed E-state index contributed by atoms with van der Waals surface area (Å²) in [5.41, 5.74) is 0. The molecule has 1 aliphatic carbocycles. The smallest absolute Gasteiger partial charge is 0.219 e. The highest BCUT2D eigenvalue weighted by Crippen LogP contribution is 2.27. The van der Waals surface area contributed by atoms with Gasteiger partial charge in [0.1, 0.15) is 0 Å². The summed E-state index contributed by atoms with van der Waals surface area (Å²) in [4.78, 5) is 11.0. The predicted octanol–water partition coefficient (Wildman–Crippen LogP) is 1.68. The zero-order valence-corrected chi connectivity index (χ0v) is 10.0. The van der Waals surface area contributed by atoms with Crippen molar-refractivity contribution < 1.29 is 4.79 Å². The average molecular weight is 212 g/mol. The molecule has 88 valence electrons. The first-order valence-corrected chi connectivity index (χ1v) is 6.18. The number of carbonyl (C=O) groups is 1. The molecule has 2 N–H and O–H groups in total. The molecule has 0 aromatic rings. The lowest BCUT2D eigenvalue weighted by Gasteiger charge is -2.20. The molecule has 1 aliphatic rings. The number of nitrogens with one attached hydrogen (secondary N) is 2. The van der Waals surface area contributed by atoms with Gasteiger partial charge < -0.3 is 10.6 Å². The Labute approximate surface area is 93.0 Å². The maximum atomic E-state index is 11.0. The van der Waals surface area contributed by atoms with Gasteiger partial charge in [0.25, 0.3) is 0 Å². The number of hydrogen-bond donors (Lipinski definition) is 2. The van der Waals surface area contributed by atoms with Crippen LogP contribution in [0.3, 0.4) is 0 Å². The van der Waals surface area contributed by atoms with E-state index in [4.69, 9.17) is 0 Å². The predicted molar refractivity (Wildman–Crippen MR) is 62.7 cm³/mol. The molecule has 3 nitrogen and oxygen atoms in total. The van der Waals surface area contributed by atoms with Crippen molar-refractivity contribution in [3.63, 3.8) is 0 Å². The minimum Gasteiger partial charge on any atom is -0.359 e. The normalized spacial score (nSPS) is 19.1. The van der Waals surface area contributed by atoms with E-state index in [0.717, 1.165) is 18.9 Å². The number of rotatable bonds is 6. The molecule has 1 amide bonds. The summed E-state index contributed by atoms with van der Waals surface area (Å²) in [5.74, 6) is 1.01. The topological polar surface area (TPSA) is 41.1 Å². The molecule has 0 aromatic heterocycles. The summed E-state index contributed by atoms with van der Waals surface area (Å²) >= 11 is 0. The van der Waals surface area contributed by atoms with E-state index in [1.807, 2.05) is 0 Å². The van der Waals surface area contributed by atoms with Crippen LogP contribution in [0.1, 0.15) is 45.4 Å². The molecule has 3 heteroatoms. The van der Waals surface area contributed by atoms with E-state index in [1.165, 1.54) is 25.7 Å². The Morgan fingerprint density at radius 2 is 2.07 bits per heavy atom. The van der Waals surface area contributed by atoms with Gasteiger partial charge in [0.2, 0.25) is 5.91 Å². The highest BCUT2D eigenvalue weighted by atomic mass is 16.1. The lowest BCUT2D eigenvalue weighted by molar-refractivity contribution is -0.120. The zero-order chi connectivity index (χ0) is 11.1. The van der Waals surface area contributed by atoms with E-state index in [-0.39, 0.29) is 5.91 Å². The van der Waals surface area contributed by atoms with Crippen LogP contribution in [0.15, 0.2) is 0 Å². The van der Waals surface area contributed by atoms with Crippen LogP contribution in [0.2, 0.25) is 0 Å². The van der Waals surface area contributed by atoms with E-state index < -0.39 is 0 Å². The van der Waals surface area contributed by atoms with Crippen LogP contribution in [-0.2, 0) is 4.79 Å². The minimum atomic E-state index is 0.144. The van der Waals surface area contributed by atoms with Crippen molar-refractivity contribution in [2.24, 2.45) is 5.92 Å². The van der Waals surface area contributed by atoms with E-state index >= 15 is 0 Å². The van der Waals surface area contributed by atoms with Crippen LogP contribution in [0.4, 0.5) is 0 Å². The van der Waals surface area contributed by atoms with Crippen LogP contribution in [0.25, 0.3) is 0 Å². The molecule has 1 atom stereocenters. The fourth-order valence-electron chi connectivity index (χ4n) is 2.33. The quantitative estimate of drug-likeness (QED) is 0.658. The number of carbonyl (C=O) groups excluding carboxylic acids is 1. The molecule has 0 heterocycles. The second-order valence-electron chi connectivity index (χ2n) is 4.56. The third kappa shape index (κ3) is 4.65. The monoisotopic (exact) mass is 212 g/mol. The molecular weight excluding hydrogens is 188 g/mol. The van der Waals surface area contributed by atoms with Crippen molar-refractivity contribution in [2.45, 2.75) is 51.5 Å². The maximum Gasteiger partial charge on any atom is 0.219 e. The van der Waals surface area contributed by atoms with Crippen LogP contribution in [-0.4, -0.2) is 25.5 Å². The van der Waals surface area contributed by atoms with Gasteiger partial charge in [0, 0.05) is 19.5 Å². The van der Waals surface area contributed by atoms with Gasteiger partial charge >= 0.3 is 0 Å². The largest absolute Gasteiger partial charge is 0.359 e. The van der Waals surface area contributed by atoms with Gasteiger partial charge in [0.15, 0.2) is 0 Å². The van der Waals surface area contributed by atoms with E-state index in [0.29, 0.717) is 12.5 Å². The van der Waals surface area contributed by atoms with Gasteiger partial charge in [-0.05, 0) is 38.6 Å². The van der Waals surface area contributed by atoms with Crippen molar-refractivity contribution in [3.8, 4) is 0 Å². The zero-order valence-electron chi connectivity index (χ0n) is 10.0. The van der Waals surface area contributed by atoms with Gasteiger partial charge in [-0.3, -0.25) is 4.79 Å². The molecule has 0 aromatic carbocycles. The summed E-state index contributed by atoms with van der Waals surface area (Å²) in [6.07, 6.45) is 7.13. The van der Waals surface area contributed by atoms with E-state index in [9.17, 15) is 4.79 Å². The maximum absolute atomic E-state index is 11.0. The van der Waals surface area contributed by atoms with Crippen molar-refractivity contribution in [2.75, 3.05) is 13.6 Å². The van der Waals surface area contributed by atoms with Gasteiger partial charge in [-0.1, -0.05) is 12.8 Å². The molecule has 0 bridgehead atoms. The van der Waals surface area contributed by atoms with Gasteiger partial charge in [-0.15, -0.1) is 0 Å². The molecule has 1 fully saturated rings. The van der Waals surface area contributed by atoms with Crippen LogP contribution < -0.4 is 10.6 Å². The summed E-state index contributed by atoms with van der Waals surface area (Å²) in [6.45, 7) is 3.24. The van der Waals surface area contributed by atoms with Gasteiger partial charge in [-0.25, -0.2) is 0 Å². The molecule has 15 heavy (non-hydrogen) atoms. The second-order valence-corrected chi connectivity index (χ2v) is 4.56. The van der Waals surface area contributed by atoms with Crippen molar-refractivity contribution in [1.82, 2.24) is 10.6 Å². The van der Waals surface area contributed by atoms with Crippen molar-refractivity contribution in [1.29, 1.82) is 0 Å². The Morgan fingerprint density at radius 3 is 2.67 bits per heavy atom. The summed E-state index contributed by atoms with van der Waals surface area (Å²) in [7, 11) is 1.69. The molecule has 0 radical (unpaired) electrons. The summed E-state index contributed by atoms with van der Waals surface area (Å²) < 4.78 is 0. The Balaban J connectivity index is 2.01. The van der Waals surface area contributed by atoms with Crippen LogP contribution in [0.5, 0.6) is 0 Å². The Kier molecular flexibility index (Phi) is 5.69. The molecular formula is C12H24N2O. The van der Waals surface area contributed by atoms with E-state index in [1.54, 1.807) is 7.05 Å². The highest BCUT2D eigenvalue weighted by Gasteiger charge is 2.20. The third-order valence-electron chi connectivity index (χ3n) is 3.43. The van der Waals surface area contributed by atoms with Gasteiger partial charge in [0.05, 0.1) is 0 Å². The molecule has 1 saturated carbocycles. The first kappa shape index (κ1) is 12.5. The fraction of sp³-hybridized carbons (Fsp3) is 0.917. The summed E-state index contributed by atoms with van der Waals surface area (Å²) in [5, 5.41) is 6.17. The lowest BCUT2D eigenvalue weighted by Crippen LogP contribution is -2.33. The SMILES string of the molecule is CNC(=O)CCCN[C@@H](C)C1CCCC1. The highest BCUT2D eigenvalue weighted by molar-refractivity contribution is 5.75. The first-order valence-electron chi connectivity index (χ1n) is 6.18. The van der Waals surface area contributed by atoms with Crippen LogP contribution >= 0.6 is 0 Å². The first-order chi connectivity index (χ1) is 7.24. The molecule has 0 aliphatic heterocycles. The van der Waals surface area contributed by atoms with Gasteiger partial charge in [-0.2, -0.15) is 0 Å². The molecule has 1 rings (SSSR count). The number of hydrogen-bond acceptors (Lipinski definition) is 2. The number of amides is 1. The molecule has 0 spiro atoms.